The molecule has 2 aromatic rings. The average molecular weight is 407 g/mol. The maximum atomic E-state index is 13.1. The molecule has 6 heteroatoms. The summed E-state index contributed by atoms with van der Waals surface area (Å²) in [4.78, 5) is 27.5. The number of carbonyl (C=O) groups excluding carboxylic acids is 2. The van der Waals surface area contributed by atoms with Gasteiger partial charge in [0, 0.05) is 19.6 Å². The molecule has 2 aliphatic rings. The normalized spacial score (nSPS) is 21.5. The molecule has 6 nitrogen and oxygen atoms in total. The molecule has 0 radical (unpaired) electrons. The Morgan fingerprint density at radius 1 is 1.07 bits per heavy atom. The standard InChI is InChI=1S/C24H25NO5/c26-18-11-9-17(10-12-18)22-21(20(27)13-8-16-5-2-1-3-6-16)23(28)24(29)25(22)15-19-7-4-14-30-19/h1-3,5-6,9-12,19,22,26,28H,4,7-8,13-15H2. The second-order valence-corrected chi connectivity index (χ2v) is 7.76. The third-order valence-electron chi connectivity index (χ3n) is 5.72. The van der Waals surface area contributed by atoms with E-state index in [0.29, 0.717) is 25.1 Å². The zero-order chi connectivity index (χ0) is 21.1. The predicted molar refractivity (Wildman–Crippen MR) is 111 cm³/mol. The first-order valence-electron chi connectivity index (χ1n) is 10.3. The van der Waals surface area contributed by atoms with Crippen LogP contribution < -0.4 is 0 Å². The molecule has 2 heterocycles. The highest BCUT2D eigenvalue weighted by Crippen LogP contribution is 2.39. The Morgan fingerprint density at radius 3 is 2.47 bits per heavy atom. The molecule has 2 atom stereocenters. The molecular weight excluding hydrogens is 382 g/mol. The van der Waals surface area contributed by atoms with Crippen LogP contribution in [0, 0.1) is 0 Å². The summed E-state index contributed by atoms with van der Waals surface area (Å²) in [5, 5.41) is 20.3. The zero-order valence-electron chi connectivity index (χ0n) is 16.7. The molecule has 156 valence electrons. The Kier molecular flexibility index (Phi) is 5.86. The number of amides is 1. The van der Waals surface area contributed by atoms with Crippen LogP contribution in [0.3, 0.4) is 0 Å². The van der Waals surface area contributed by atoms with Crippen LogP contribution in [0.25, 0.3) is 0 Å². The lowest BCUT2D eigenvalue weighted by Gasteiger charge is -2.29. The molecule has 0 aromatic heterocycles. The summed E-state index contributed by atoms with van der Waals surface area (Å²) in [6, 6.07) is 15.3. The molecule has 2 aromatic carbocycles. The number of nitrogens with zero attached hydrogens (tertiary/aromatic N) is 1. The highest BCUT2D eigenvalue weighted by atomic mass is 16.5. The number of aliphatic hydroxyl groups is 1. The molecule has 0 saturated carbocycles. The lowest BCUT2D eigenvalue weighted by molar-refractivity contribution is -0.131. The molecule has 0 spiro atoms. The van der Waals surface area contributed by atoms with Crippen molar-refractivity contribution < 1.29 is 24.5 Å². The van der Waals surface area contributed by atoms with Gasteiger partial charge in [0.15, 0.2) is 11.5 Å². The van der Waals surface area contributed by atoms with Gasteiger partial charge in [-0.25, -0.2) is 0 Å². The van der Waals surface area contributed by atoms with Crippen molar-refractivity contribution in [3.63, 3.8) is 0 Å². The number of hydrogen-bond donors (Lipinski definition) is 2. The fourth-order valence-electron chi connectivity index (χ4n) is 4.17. The monoisotopic (exact) mass is 407 g/mol. The quantitative estimate of drug-likeness (QED) is 0.734. The minimum Gasteiger partial charge on any atom is -0.508 e. The number of hydrogen-bond acceptors (Lipinski definition) is 5. The van der Waals surface area contributed by atoms with Crippen molar-refractivity contribution >= 4 is 11.7 Å². The third-order valence-corrected chi connectivity index (χ3v) is 5.72. The lowest BCUT2D eigenvalue weighted by atomic mass is 9.93. The molecule has 1 fully saturated rings. The maximum absolute atomic E-state index is 13.1. The first kappa shape index (κ1) is 20.2. The van der Waals surface area contributed by atoms with Crippen LogP contribution in [0.4, 0.5) is 0 Å². The SMILES string of the molecule is O=C(CCc1ccccc1)C1=C(O)C(=O)N(CC2CCCO2)C1c1ccc(O)cc1. The summed E-state index contributed by atoms with van der Waals surface area (Å²) >= 11 is 0. The van der Waals surface area contributed by atoms with Crippen molar-refractivity contribution in [3.8, 4) is 5.75 Å². The Balaban J connectivity index is 1.62. The number of benzene rings is 2. The van der Waals surface area contributed by atoms with Crippen LogP contribution in [-0.2, 0) is 20.7 Å². The molecule has 2 N–H and O–H groups in total. The fraction of sp³-hybridized carbons (Fsp3) is 0.333. The van der Waals surface area contributed by atoms with E-state index in [0.717, 1.165) is 18.4 Å². The summed E-state index contributed by atoms with van der Waals surface area (Å²) in [5.41, 5.74) is 1.82. The third kappa shape index (κ3) is 4.09. The van der Waals surface area contributed by atoms with Gasteiger partial charge in [0.2, 0.25) is 0 Å². The molecule has 30 heavy (non-hydrogen) atoms. The summed E-state index contributed by atoms with van der Waals surface area (Å²) in [6.45, 7) is 0.961. The van der Waals surface area contributed by atoms with E-state index >= 15 is 0 Å². The number of phenolic OH excluding ortho intramolecular Hbond substituents is 1. The van der Waals surface area contributed by atoms with Crippen LogP contribution in [0.2, 0.25) is 0 Å². The molecule has 0 bridgehead atoms. The molecule has 0 aliphatic carbocycles. The van der Waals surface area contributed by atoms with E-state index in [1.807, 2.05) is 30.3 Å². The van der Waals surface area contributed by atoms with E-state index < -0.39 is 17.7 Å². The highest BCUT2D eigenvalue weighted by molar-refractivity contribution is 6.09. The van der Waals surface area contributed by atoms with E-state index in [2.05, 4.69) is 0 Å². The van der Waals surface area contributed by atoms with Crippen LogP contribution in [0.15, 0.2) is 65.9 Å². The number of ether oxygens (including phenoxy) is 1. The largest absolute Gasteiger partial charge is 0.508 e. The minimum atomic E-state index is -0.689. The van der Waals surface area contributed by atoms with Gasteiger partial charge in [-0.15, -0.1) is 0 Å². The summed E-state index contributed by atoms with van der Waals surface area (Å²) in [6.07, 6.45) is 2.38. The minimum absolute atomic E-state index is 0.0962. The molecule has 4 rings (SSSR count). The lowest BCUT2D eigenvalue weighted by Crippen LogP contribution is -2.37. The second-order valence-electron chi connectivity index (χ2n) is 7.76. The van der Waals surface area contributed by atoms with Gasteiger partial charge in [-0.1, -0.05) is 42.5 Å². The molecule has 1 saturated heterocycles. The van der Waals surface area contributed by atoms with E-state index in [4.69, 9.17) is 4.74 Å². The van der Waals surface area contributed by atoms with Crippen molar-refractivity contribution in [2.24, 2.45) is 0 Å². The summed E-state index contributed by atoms with van der Waals surface area (Å²) < 4.78 is 5.68. The van der Waals surface area contributed by atoms with E-state index in [-0.39, 0.29) is 29.6 Å². The first-order chi connectivity index (χ1) is 14.5. The van der Waals surface area contributed by atoms with Crippen molar-refractivity contribution in [2.75, 3.05) is 13.2 Å². The zero-order valence-corrected chi connectivity index (χ0v) is 16.7. The van der Waals surface area contributed by atoms with Crippen LogP contribution in [0.1, 0.15) is 36.4 Å². The van der Waals surface area contributed by atoms with Crippen molar-refractivity contribution in [3.05, 3.63) is 77.1 Å². The van der Waals surface area contributed by atoms with Crippen LogP contribution >= 0.6 is 0 Å². The van der Waals surface area contributed by atoms with Gasteiger partial charge in [-0.05, 0) is 42.5 Å². The van der Waals surface area contributed by atoms with Crippen LogP contribution in [-0.4, -0.2) is 46.1 Å². The van der Waals surface area contributed by atoms with Gasteiger partial charge in [0.05, 0.1) is 17.7 Å². The Labute approximate surface area is 175 Å². The number of aliphatic hydroxyl groups excluding tert-OH is 1. The van der Waals surface area contributed by atoms with Gasteiger partial charge < -0.3 is 19.8 Å². The van der Waals surface area contributed by atoms with E-state index in [1.54, 1.807) is 12.1 Å². The van der Waals surface area contributed by atoms with Gasteiger partial charge in [-0.3, -0.25) is 9.59 Å². The van der Waals surface area contributed by atoms with Crippen LogP contribution in [0.5, 0.6) is 5.75 Å². The van der Waals surface area contributed by atoms with Crippen molar-refractivity contribution in [1.82, 2.24) is 4.90 Å². The number of carbonyl (C=O) groups is 2. The maximum Gasteiger partial charge on any atom is 0.290 e. The predicted octanol–water partition coefficient (Wildman–Crippen LogP) is 3.47. The smallest absolute Gasteiger partial charge is 0.290 e. The molecule has 1 amide bonds. The second kappa shape index (κ2) is 8.71. The van der Waals surface area contributed by atoms with Gasteiger partial charge in [0.1, 0.15) is 5.75 Å². The van der Waals surface area contributed by atoms with E-state index in [1.165, 1.54) is 17.0 Å². The van der Waals surface area contributed by atoms with Gasteiger partial charge >= 0.3 is 0 Å². The van der Waals surface area contributed by atoms with Gasteiger partial charge in [0.25, 0.3) is 5.91 Å². The van der Waals surface area contributed by atoms with Gasteiger partial charge in [-0.2, -0.15) is 0 Å². The average Bonchev–Trinajstić information content (AvgIpc) is 3.36. The number of aromatic hydroxyl groups is 1. The van der Waals surface area contributed by atoms with Crippen molar-refractivity contribution in [1.29, 1.82) is 0 Å². The highest BCUT2D eigenvalue weighted by Gasteiger charge is 2.44. The topological polar surface area (TPSA) is 87.1 Å². The Morgan fingerprint density at radius 2 is 1.80 bits per heavy atom. The Hall–Kier alpha value is -3.12. The molecule has 2 unspecified atom stereocenters. The molecule has 2 aliphatic heterocycles. The number of aryl methyl sites for hydroxylation is 1. The first-order valence-corrected chi connectivity index (χ1v) is 10.3. The summed E-state index contributed by atoms with van der Waals surface area (Å²) in [7, 11) is 0. The van der Waals surface area contributed by atoms with Crippen molar-refractivity contribution in [2.45, 2.75) is 37.8 Å². The number of rotatable bonds is 7. The summed E-state index contributed by atoms with van der Waals surface area (Å²) in [5.74, 6) is -1.19. The Bertz CT molecular complexity index is 945. The molecular formula is C24H25NO5. The number of Topliss-reactive ketones (excluding diaryl/α,β-unsaturated/α-hetero) is 1. The number of phenols is 1. The van der Waals surface area contributed by atoms with E-state index in [9.17, 15) is 19.8 Å². The fourth-order valence-corrected chi connectivity index (χ4v) is 4.17. The number of ketones is 1.